The van der Waals surface area contributed by atoms with Crippen molar-refractivity contribution in [2.45, 2.75) is 58.4 Å². The second-order valence-electron chi connectivity index (χ2n) is 8.25. The summed E-state index contributed by atoms with van der Waals surface area (Å²) in [5.41, 5.74) is 1.19. The molecule has 0 aromatic heterocycles. The summed E-state index contributed by atoms with van der Waals surface area (Å²) in [4.78, 5) is 26.0. The Hall–Kier alpha value is -3.02. The van der Waals surface area contributed by atoms with Gasteiger partial charge >= 0.3 is 12.1 Å². The van der Waals surface area contributed by atoms with Crippen LogP contribution >= 0.6 is 0 Å². The predicted octanol–water partition coefficient (Wildman–Crippen LogP) is 4.86. The lowest BCUT2D eigenvalue weighted by Crippen LogP contribution is -2.37. The Morgan fingerprint density at radius 3 is 2.34 bits per heavy atom. The zero-order valence-electron chi connectivity index (χ0n) is 17.1. The molecule has 0 atom stereocenters. The molecule has 0 aliphatic heterocycles. The van der Waals surface area contributed by atoms with E-state index in [2.05, 4.69) is 0 Å². The molecule has 1 amide bonds. The number of hydrogen-bond donors (Lipinski definition) is 1. The minimum Gasteiger partial charge on any atom is -0.488 e. The lowest BCUT2D eigenvalue weighted by Gasteiger charge is -2.27. The molecule has 0 bridgehead atoms. The number of nitrogens with zero attached hydrogens (tertiary/aromatic N) is 1. The van der Waals surface area contributed by atoms with Gasteiger partial charge in [-0.2, -0.15) is 0 Å². The molecule has 2 aromatic rings. The van der Waals surface area contributed by atoms with Gasteiger partial charge in [-0.05, 0) is 56.9 Å². The topological polar surface area (TPSA) is 76.1 Å². The number of hydrogen-bond acceptors (Lipinski definition) is 4. The number of aromatic carboxylic acids is 1. The molecule has 6 nitrogen and oxygen atoms in total. The maximum absolute atomic E-state index is 12.6. The summed E-state index contributed by atoms with van der Waals surface area (Å²) < 4.78 is 11.2. The number of carboxylic acids is 1. The number of carbonyl (C=O) groups excluding carboxylic acids is 1. The third kappa shape index (κ3) is 5.98. The minimum atomic E-state index is -1.06. The molecule has 1 aliphatic carbocycles. The van der Waals surface area contributed by atoms with E-state index in [0.29, 0.717) is 12.3 Å². The Kier molecular flexibility index (Phi) is 6.11. The molecule has 0 unspecified atom stereocenters. The highest BCUT2D eigenvalue weighted by Crippen LogP contribution is 2.31. The molecule has 1 fully saturated rings. The first kappa shape index (κ1) is 20.7. The van der Waals surface area contributed by atoms with Gasteiger partial charge in [0.05, 0.1) is 0 Å². The zero-order chi connectivity index (χ0) is 21.0. The van der Waals surface area contributed by atoms with Crippen molar-refractivity contribution in [1.29, 1.82) is 0 Å². The van der Waals surface area contributed by atoms with Crippen LogP contribution in [0.15, 0.2) is 48.5 Å². The van der Waals surface area contributed by atoms with Gasteiger partial charge in [0.1, 0.15) is 23.5 Å². The highest BCUT2D eigenvalue weighted by atomic mass is 16.6. The molecule has 1 aliphatic rings. The molecule has 6 heteroatoms. The van der Waals surface area contributed by atoms with Crippen LogP contribution in [0.4, 0.5) is 4.79 Å². The molecule has 0 saturated heterocycles. The number of rotatable bonds is 7. The van der Waals surface area contributed by atoms with Gasteiger partial charge in [-0.3, -0.25) is 0 Å². The first-order valence-corrected chi connectivity index (χ1v) is 9.75. The van der Waals surface area contributed by atoms with Crippen LogP contribution in [0.1, 0.15) is 55.1 Å². The summed E-state index contributed by atoms with van der Waals surface area (Å²) >= 11 is 0. The molecule has 29 heavy (non-hydrogen) atoms. The largest absolute Gasteiger partial charge is 0.488 e. The second kappa shape index (κ2) is 8.55. The first-order chi connectivity index (χ1) is 13.7. The van der Waals surface area contributed by atoms with Crippen molar-refractivity contribution >= 4 is 12.1 Å². The molecule has 0 heterocycles. The van der Waals surface area contributed by atoms with Crippen molar-refractivity contribution in [2.75, 3.05) is 0 Å². The van der Waals surface area contributed by atoms with E-state index in [1.807, 2.05) is 51.1 Å². The second-order valence-corrected chi connectivity index (χ2v) is 8.25. The van der Waals surface area contributed by atoms with E-state index in [4.69, 9.17) is 9.47 Å². The molecule has 0 spiro atoms. The van der Waals surface area contributed by atoms with Gasteiger partial charge in [0.2, 0.25) is 0 Å². The number of carbonyl (C=O) groups is 2. The lowest BCUT2D eigenvalue weighted by atomic mass is 10.1. The van der Waals surface area contributed by atoms with Crippen molar-refractivity contribution in [3.8, 4) is 5.75 Å². The number of carboxylic acid groups (broad SMARTS) is 1. The van der Waals surface area contributed by atoms with Crippen LogP contribution in [-0.2, 0) is 17.9 Å². The third-order valence-corrected chi connectivity index (χ3v) is 4.48. The fraction of sp³-hybridized carbons (Fsp3) is 0.391. The maximum Gasteiger partial charge on any atom is 0.410 e. The highest BCUT2D eigenvalue weighted by Gasteiger charge is 2.35. The number of benzene rings is 2. The molecule has 1 N–H and O–H groups in total. The summed E-state index contributed by atoms with van der Waals surface area (Å²) in [7, 11) is 0. The Morgan fingerprint density at radius 2 is 1.76 bits per heavy atom. The van der Waals surface area contributed by atoms with Crippen molar-refractivity contribution in [2.24, 2.45) is 0 Å². The predicted molar refractivity (Wildman–Crippen MR) is 109 cm³/mol. The van der Waals surface area contributed by atoms with Gasteiger partial charge in [0.25, 0.3) is 0 Å². The quantitative estimate of drug-likeness (QED) is 0.722. The van der Waals surface area contributed by atoms with Crippen LogP contribution in [0.5, 0.6) is 5.75 Å². The van der Waals surface area contributed by atoms with Crippen LogP contribution in [0.2, 0.25) is 0 Å². The molecular formula is C23H27NO5. The van der Waals surface area contributed by atoms with Crippen LogP contribution in [0.25, 0.3) is 0 Å². The fourth-order valence-electron chi connectivity index (χ4n) is 2.95. The smallest absolute Gasteiger partial charge is 0.410 e. The van der Waals surface area contributed by atoms with Gasteiger partial charge in [-0.15, -0.1) is 0 Å². The SMILES string of the molecule is CC(C)(C)OC(=O)N(Cc1ccc(OCc2ccccc2)c(C(=O)O)c1)C1CC1. The average molecular weight is 397 g/mol. The average Bonchev–Trinajstić information content (AvgIpc) is 3.49. The fourth-order valence-corrected chi connectivity index (χ4v) is 2.95. The number of ether oxygens (including phenoxy) is 2. The summed E-state index contributed by atoms with van der Waals surface area (Å²) in [6.07, 6.45) is 1.49. The van der Waals surface area contributed by atoms with Gasteiger partial charge < -0.3 is 19.5 Å². The Balaban J connectivity index is 1.74. The third-order valence-electron chi connectivity index (χ3n) is 4.48. The Labute approximate surface area is 171 Å². The van der Waals surface area contributed by atoms with E-state index < -0.39 is 11.6 Å². The minimum absolute atomic E-state index is 0.0818. The molecular weight excluding hydrogens is 370 g/mol. The van der Waals surface area contributed by atoms with Crippen LogP contribution < -0.4 is 4.74 Å². The van der Waals surface area contributed by atoms with E-state index in [0.717, 1.165) is 24.0 Å². The summed E-state index contributed by atoms with van der Waals surface area (Å²) in [6, 6.07) is 14.7. The molecule has 0 radical (unpaired) electrons. The van der Waals surface area contributed by atoms with Gasteiger partial charge in [0, 0.05) is 12.6 Å². The lowest BCUT2D eigenvalue weighted by molar-refractivity contribution is 0.0216. The summed E-state index contributed by atoms with van der Waals surface area (Å²) in [5.74, 6) is -0.759. The summed E-state index contributed by atoms with van der Waals surface area (Å²) in [5, 5.41) is 9.62. The highest BCUT2D eigenvalue weighted by molar-refractivity contribution is 5.91. The van der Waals surface area contributed by atoms with Gasteiger partial charge in [0.15, 0.2) is 0 Å². The van der Waals surface area contributed by atoms with Crippen molar-refractivity contribution < 1.29 is 24.2 Å². The van der Waals surface area contributed by atoms with Crippen molar-refractivity contribution in [1.82, 2.24) is 4.90 Å². The van der Waals surface area contributed by atoms with E-state index >= 15 is 0 Å². The van der Waals surface area contributed by atoms with Crippen LogP contribution in [0, 0.1) is 0 Å². The monoisotopic (exact) mass is 397 g/mol. The first-order valence-electron chi connectivity index (χ1n) is 9.75. The van der Waals surface area contributed by atoms with Gasteiger partial charge in [-0.25, -0.2) is 9.59 Å². The van der Waals surface area contributed by atoms with Crippen LogP contribution in [0.3, 0.4) is 0 Å². The van der Waals surface area contributed by atoms with Crippen LogP contribution in [-0.4, -0.2) is 33.7 Å². The van der Waals surface area contributed by atoms with E-state index in [1.54, 1.807) is 23.1 Å². The molecule has 1 saturated carbocycles. The standard InChI is InChI=1S/C23H27NO5/c1-23(2,3)29-22(27)24(18-10-11-18)14-17-9-12-20(19(13-17)21(25)26)28-15-16-7-5-4-6-8-16/h4-9,12-13,18H,10-11,14-15H2,1-3H3,(H,25,26). The maximum atomic E-state index is 12.6. The zero-order valence-corrected chi connectivity index (χ0v) is 17.1. The van der Waals surface area contributed by atoms with E-state index in [-0.39, 0.29) is 24.3 Å². The van der Waals surface area contributed by atoms with Crippen molar-refractivity contribution in [3.63, 3.8) is 0 Å². The van der Waals surface area contributed by atoms with Gasteiger partial charge in [-0.1, -0.05) is 36.4 Å². The Bertz CT molecular complexity index is 869. The molecule has 2 aromatic carbocycles. The Morgan fingerprint density at radius 1 is 1.07 bits per heavy atom. The molecule has 3 rings (SSSR count). The van der Waals surface area contributed by atoms with E-state index in [9.17, 15) is 14.7 Å². The van der Waals surface area contributed by atoms with E-state index in [1.165, 1.54) is 0 Å². The summed E-state index contributed by atoms with van der Waals surface area (Å²) in [6.45, 7) is 6.08. The van der Waals surface area contributed by atoms with Crippen molar-refractivity contribution in [3.05, 3.63) is 65.2 Å². The normalized spacial score (nSPS) is 13.6. The number of amides is 1. The molecule has 154 valence electrons.